The normalized spacial score (nSPS) is 9.83. The standard InChI is InChI=1S/C13H13N3O2/c1-18-13(17)16-9-10-5-6-12(15-8-10)11-4-2-3-7-14-11/h2-8H,9H2,1H3,(H,16,17). The first-order valence-corrected chi connectivity index (χ1v) is 5.48. The summed E-state index contributed by atoms with van der Waals surface area (Å²) in [6.07, 6.45) is 2.98. The molecule has 0 unspecified atom stereocenters. The molecule has 92 valence electrons. The maximum absolute atomic E-state index is 10.9. The van der Waals surface area contributed by atoms with E-state index in [1.807, 2.05) is 30.3 Å². The first kappa shape index (κ1) is 12.0. The number of carbonyl (C=O) groups excluding carboxylic acids is 1. The molecule has 0 aliphatic rings. The molecule has 0 spiro atoms. The summed E-state index contributed by atoms with van der Waals surface area (Å²) in [7, 11) is 1.33. The minimum Gasteiger partial charge on any atom is -0.453 e. The van der Waals surface area contributed by atoms with Crippen molar-refractivity contribution in [2.24, 2.45) is 0 Å². The lowest BCUT2D eigenvalue weighted by atomic mass is 10.2. The van der Waals surface area contributed by atoms with Gasteiger partial charge in [0, 0.05) is 18.9 Å². The van der Waals surface area contributed by atoms with Gasteiger partial charge in [0.25, 0.3) is 0 Å². The van der Waals surface area contributed by atoms with Crippen molar-refractivity contribution in [1.29, 1.82) is 0 Å². The summed E-state index contributed by atoms with van der Waals surface area (Å²) in [5.74, 6) is 0. The second-order valence-electron chi connectivity index (χ2n) is 3.61. The van der Waals surface area contributed by atoms with Crippen LogP contribution in [0.1, 0.15) is 5.56 Å². The largest absolute Gasteiger partial charge is 0.453 e. The number of pyridine rings is 2. The molecule has 0 saturated carbocycles. The van der Waals surface area contributed by atoms with Gasteiger partial charge in [-0.1, -0.05) is 12.1 Å². The molecule has 18 heavy (non-hydrogen) atoms. The van der Waals surface area contributed by atoms with Gasteiger partial charge in [0.1, 0.15) is 0 Å². The third kappa shape index (κ3) is 3.04. The second-order valence-corrected chi connectivity index (χ2v) is 3.61. The minimum atomic E-state index is -0.455. The van der Waals surface area contributed by atoms with Crippen LogP contribution < -0.4 is 5.32 Å². The highest BCUT2D eigenvalue weighted by molar-refractivity contribution is 5.66. The number of nitrogens with zero attached hydrogens (tertiary/aromatic N) is 2. The van der Waals surface area contributed by atoms with Gasteiger partial charge in [-0.2, -0.15) is 0 Å². The molecule has 0 fully saturated rings. The molecule has 0 saturated heterocycles. The van der Waals surface area contributed by atoms with Crippen LogP contribution in [-0.2, 0) is 11.3 Å². The van der Waals surface area contributed by atoms with E-state index in [0.717, 1.165) is 17.0 Å². The molecular formula is C13H13N3O2. The van der Waals surface area contributed by atoms with Crippen molar-refractivity contribution in [3.8, 4) is 11.4 Å². The van der Waals surface area contributed by atoms with Crippen LogP contribution in [0.15, 0.2) is 42.7 Å². The number of alkyl carbamates (subject to hydrolysis) is 1. The Balaban J connectivity index is 2.04. The predicted molar refractivity (Wildman–Crippen MR) is 66.7 cm³/mol. The van der Waals surface area contributed by atoms with Gasteiger partial charge >= 0.3 is 6.09 Å². The van der Waals surface area contributed by atoms with Crippen LogP contribution in [-0.4, -0.2) is 23.2 Å². The van der Waals surface area contributed by atoms with Crippen LogP contribution in [0, 0.1) is 0 Å². The number of hydrogen-bond donors (Lipinski definition) is 1. The molecule has 0 aliphatic heterocycles. The average molecular weight is 243 g/mol. The van der Waals surface area contributed by atoms with E-state index >= 15 is 0 Å². The van der Waals surface area contributed by atoms with E-state index in [-0.39, 0.29) is 0 Å². The molecule has 2 rings (SSSR count). The molecule has 2 aromatic heterocycles. The van der Waals surface area contributed by atoms with E-state index < -0.39 is 6.09 Å². The molecule has 2 heterocycles. The van der Waals surface area contributed by atoms with Gasteiger partial charge in [0.05, 0.1) is 18.5 Å². The topological polar surface area (TPSA) is 64.1 Å². The fraction of sp³-hybridized carbons (Fsp3) is 0.154. The molecule has 0 aromatic carbocycles. The highest BCUT2D eigenvalue weighted by Gasteiger charge is 2.02. The molecule has 0 bridgehead atoms. The third-order valence-corrected chi connectivity index (χ3v) is 2.37. The molecule has 5 heteroatoms. The Morgan fingerprint density at radius 1 is 1.22 bits per heavy atom. The van der Waals surface area contributed by atoms with E-state index in [0.29, 0.717) is 6.54 Å². The lowest BCUT2D eigenvalue weighted by Gasteiger charge is -2.04. The van der Waals surface area contributed by atoms with Gasteiger partial charge < -0.3 is 10.1 Å². The number of aromatic nitrogens is 2. The molecule has 0 aliphatic carbocycles. The third-order valence-electron chi connectivity index (χ3n) is 2.37. The summed E-state index contributed by atoms with van der Waals surface area (Å²) in [6.45, 7) is 0.391. The number of amides is 1. The van der Waals surface area contributed by atoms with Crippen LogP contribution in [0.2, 0.25) is 0 Å². The van der Waals surface area contributed by atoms with E-state index in [1.54, 1.807) is 12.4 Å². The Morgan fingerprint density at radius 3 is 2.67 bits per heavy atom. The maximum Gasteiger partial charge on any atom is 0.407 e. The Morgan fingerprint density at radius 2 is 2.06 bits per heavy atom. The summed E-state index contributed by atoms with van der Waals surface area (Å²) >= 11 is 0. The van der Waals surface area contributed by atoms with Crippen molar-refractivity contribution in [1.82, 2.24) is 15.3 Å². The fourth-order valence-electron chi connectivity index (χ4n) is 1.44. The summed E-state index contributed by atoms with van der Waals surface area (Å²) in [5, 5.41) is 2.59. The number of carbonyl (C=O) groups is 1. The molecule has 0 atom stereocenters. The lowest BCUT2D eigenvalue weighted by molar-refractivity contribution is 0.170. The van der Waals surface area contributed by atoms with Crippen molar-refractivity contribution in [2.45, 2.75) is 6.54 Å². The lowest BCUT2D eigenvalue weighted by Crippen LogP contribution is -2.22. The first-order valence-electron chi connectivity index (χ1n) is 5.48. The first-order chi connectivity index (χ1) is 8.79. The fourth-order valence-corrected chi connectivity index (χ4v) is 1.44. The van der Waals surface area contributed by atoms with E-state index in [9.17, 15) is 4.79 Å². The number of rotatable bonds is 3. The zero-order valence-corrected chi connectivity index (χ0v) is 9.96. The number of hydrogen-bond acceptors (Lipinski definition) is 4. The SMILES string of the molecule is COC(=O)NCc1ccc(-c2ccccn2)nc1. The van der Waals surface area contributed by atoms with Gasteiger partial charge in [-0.3, -0.25) is 9.97 Å². The van der Waals surface area contributed by atoms with Gasteiger partial charge in [-0.25, -0.2) is 4.79 Å². The van der Waals surface area contributed by atoms with Crippen molar-refractivity contribution in [3.05, 3.63) is 48.3 Å². The molecular weight excluding hydrogens is 230 g/mol. The van der Waals surface area contributed by atoms with E-state index in [1.165, 1.54) is 7.11 Å². The van der Waals surface area contributed by atoms with Gasteiger partial charge in [0.2, 0.25) is 0 Å². The van der Waals surface area contributed by atoms with Crippen LogP contribution in [0.3, 0.4) is 0 Å². The summed E-state index contributed by atoms with van der Waals surface area (Å²) in [5.41, 5.74) is 2.53. The Kier molecular flexibility index (Phi) is 3.86. The van der Waals surface area contributed by atoms with Crippen LogP contribution in [0.4, 0.5) is 4.79 Å². The number of methoxy groups -OCH3 is 1. The number of nitrogens with one attached hydrogen (secondary N) is 1. The highest BCUT2D eigenvalue weighted by Crippen LogP contribution is 2.13. The van der Waals surface area contributed by atoms with Crippen molar-refractivity contribution < 1.29 is 9.53 Å². The van der Waals surface area contributed by atoms with Crippen molar-refractivity contribution in [3.63, 3.8) is 0 Å². The predicted octanol–water partition coefficient (Wildman–Crippen LogP) is 2.00. The zero-order chi connectivity index (χ0) is 12.8. The van der Waals surface area contributed by atoms with Gasteiger partial charge in [0.15, 0.2) is 0 Å². The number of ether oxygens (including phenoxy) is 1. The Bertz CT molecular complexity index is 512. The summed E-state index contributed by atoms with van der Waals surface area (Å²) in [6, 6.07) is 9.44. The molecule has 5 nitrogen and oxygen atoms in total. The van der Waals surface area contributed by atoms with Crippen LogP contribution >= 0.6 is 0 Å². The van der Waals surface area contributed by atoms with Gasteiger partial charge in [-0.15, -0.1) is 0 Å². The highest BCUT2D eigenvalue weighted by atomic mass is 16.5. The Labute approximate surface area is 105 Å². The van der Waals surface area contributed by atoms with Crippen LogP contribution in [0.5, 0.6) is 0 Å². The summed E-state index contributed by atoms with van der Waals surface area (Å²) < 4.78 is 4.48. The average Bonchev–Trinajstić information content (AvgIpc) is 2.46. The zero-order valence-electron chi connectivity index (χ0n) is 9.96. The Hall–Kier alpha value is -2.43. The molecule has 1 amide bonds. The quantitative estimate of drug-likeness (QED) is 0.895. The van der Waals surface area contributed by atoms with Crippen molar-refractivity contribution in [2.75, 3.05) is 7.11 Å². The minimum absolute atomic E-state index is 0.391. The van der Waals surface area contributed by atoms with Crippen molar-refractivity contribution >= 4 is 6.09 Å². The monoisotopic (exact) mass is 243 g/mol. The van der Waals surface area contributed by atoms with E-state index in [4.69, 9.17) is 0 Å². The second kappa shape index (κ2) is 5.77. The molecule has 2 aromatic rings. The molecule has 1 N–H and O–H groups in total. The van der Waals surface area contributed by atoms with E-state index in [2.05, 4.69) is 20.0 Å². The summed E-state index contributed by atoms with van der Waals surface area (Å²) in [4.78, 5) is 19.4. The maximum atomic E-state index is 10.9. The smallest absolute Gasteiger partial charge is 0.407 e. The van der Waals surface area contributed by atoms with Gasteiger partial charge in [-0.05, 0) is 23.8 Å². The molecule has 0 radical (unpaired) electrons. The van der Waals surface area contributed by atoms with Crippen LogP contribution in [0.25, 0.3) is 11.4 Å².